The highest BCUT2D eigenvalue weighted by atomic mass is 16.7. The fourth-order valence-electron chi connectivity index (χ4n) is 4.16. The summed E-state index contributed by atoms with van der Waals surface area (Å²) >= 11 is 0. The molecule has 1 N–H and O–H groups in total. The number of hydrogen-bond donors (Lipinski definition) is 1. The standard InChI is InChI=1S/C25H32O10/c1-11(2)21(27)32-18-15(23(29)31-7)10-8-9-12(3)17(26)19-16(13(4)22(28)33-19)20(18)34-24(30)25(6)14(5)35-25/h10-11,14,16-20,26H,3-4,8-9H2,1-2,5-7H3/b15-10+/t14-,16-,17-,18-,19-,20-,25+/m0/s1. The largest absolute Gasteiger partial charge is 0.466 e. The number of methoxy groups -OCH3 is 1. The van der Waals surface area contributed by atoms with E-state index < -0.39 is 71.8 Å². The lowest BCUT2D eigenvalue weighted by molar-refractivity contribution is -0.178. The molecule has 10 nitrogen and oxygen atoms in total. The zero-order valence-electron chi connectivity index (χ0n) is 20.6. The third-order valence-corrected chi connectivity index (χ3v) is 6.70. The van der Waals surface area contributed by atoms with Crippen molar-refractivity contribution in [3.05, 3.63) is 36.0 Å². The number of esters is 4. The van der Waals surface area contributed by atoms with E-state index >= 15 is 0 Å². The first-order valence-corrected chi connectivity index (χ1v) is 11.5. The van der Waals surface area contributed by atoms with Crippen molar-refractivity contribution in [2.75, 3.05) is 7.11 Å². The second kappa shape index (κ2) is 9.94. The number of hydrogen-bond acceptors (Lipinski definition) is 10. The third kappa shape index (κ3) is 5.04. The van der Waals surface area contributed by atoms with Crippen LogP contribution < -0.4 is 0 Å². The number of carbonyl (C=O) groups excluding carboxylic acids is 4. The molecular formula is C25H32O10. The predicted molar refractivity (Wildman–Crippen MR) is 121 cm³/mol. The van der Waals surface area contributed by atoms with Gasteiger partial charge in [0.05, 0.1) is 30.6 Å². The second-order valence-corrected chi connectivity index (χ2v) is 9.46. The number of aliphatic hydroxyl groups excluding tert-OH is 1. The van der Waals surface area contributed by atoms with Gasteiger partial charge < -0.3 is 28.8 Å². The normalized spacial score (nSPS) is 36.4. The zero-order chi connectivity index (χ0) is 26.2. The molecule has 35 heavy (non-hydrogen) atoms. The van der Waals surface area contributed by atoms with Crippen molar-refractivity contribution < 1.29 is 48.0 Å². The molecule has 192 valence electrons. The minimum atomic E-state index is -1.48. The summed E-state index contributed by atoms with van der Waals surface area (Å²) in [7, 11) is 1.16. The van der Waals surface area contributed by atoms with E-state index in [9.17, 15) is 24.3 Å². The summed E-state index contributed by atoms with van der Waals surface area (Å²) in [6, 6.07) is 0. The van der Waals surface area contributed by atoms with Crippen molar-refractivity contribution in [3.8, 4) is 0 Å². The number of carbonyl (C=O) groups is 4. The SMILES string of the molecule is C=C1C(=O)O[C@H]2[C@H]1[C@H](OC(=O)[C@]1(C)O[C@H]1C)[C@@H](OC(=O)C(C)C)/C(C(=O)OC)=C\CCC(=C)[C@@H]2O. The maximum atomic E-state index is 13.1. The Labute approximate surface area is 203 Å². The van der Waals surface area contributed by atoms with Crippen LogP contribution in [0.15, 0.2) is 36.0 Å². The lowest BCUT2D eigenvalue weighted by atomic mass is 9.80. The molecule has 2 fully saturated rings. The molecule has 2 saturated heterocycles. The second-order valence-electron chi connectivity index (χ2n) is 9.46. The number of allylic oxidation sites excluding steroid dienone is 1. The molecule has 2 aliphatic heterocycles. The molecule has 3 aliphatic rings. The van der Waals surface area contributed by atoms with Crippen molar-refractivity contribution in [2.24, 2.45) is 11.8 Å². The smallest absolute Gasteiger partial charge is 0.341 e. The monoisotopic (exact) mass is 492 g/mol. The molecular weight excluding hydrogens is 460 g/mol. The Morgan fingerprint density at radius 2 is 1.86 bits per heavy atom. The van der Waals surface area contributed by atoms with E-state index in [1.165, 1.54) is 13.0 Å². The van der Waals surface area contributed by atoms with Crippen LogP contribution in [-0.2, 0) is 42.9 Å². The van der Waals surface area contributed by atoms with E-state index in [-0.39, 0.29) is 24.0 Å². The van der Waals surface area contributed by atoms with E-state index in [1.54, 1.807) is 20.8 Å². The van der Waals surface area contributed by atoms with Crippen LogP contribution in [0.2, 0.25) is 0 Å². The van der Waals surface area contributed by atoms with E-state index in [2.05, 4.69) is 13.2 Å². The van der Waals surface area contributed by atoms with Gasteiger partial charge in [0.1, 0.15) is 12.2 Å². The van der Waals surface area contributed by atoms with Crippen molar-refractivity contribution in [1.29, 1.82) is 0 Å². The molecule has 10 heteroatoms. The van der Waals surface area contributed by atoms with Crippen LogP contribution in [0.3, 0.4) is 0 Å². The van der Waals surface area contributed by atoms with Gasteiger partial charge in [-0.15, -0.1) is 0 Å². The highest BCUT2D eigenvalue weighted by Gasteiger charge is 2.60. The summed E-state index contributed by atoms with van der Waals surface area (Å²) in [4.78, 5) is 51.2. The van der Waals surface area contributed by atoms with Crippen LogP contribution in [0.5, 0.6) is 0 Å². The van der Waals surface area contributed by atoms with Gasteiger partial charge >= 0.3 is 23.9 Å². The molecule has 0 unspecified atom stereocenters. The average molecular weight is 493 g/mol. The highest BCUT2D eigenvalue weighted by Crippen LogP contribution is 2.42. The molecule has 0 aromatic carbocycles. The molecule has 1 aliphatic carbocycles. The van der Waals surface area contributed by atoms with Gasteiger partial charge in [-0.1, -0.05) is 33.1 Å². The summed E-state index contributed by atoms with van der Waals surface area (Å²) < 4.78 is 27.3. The van der Waals surface area contributed by atoms with Crippen LogP contribution in [-0.4, -0.2) is 72.2 Å². The van der Waals surface area contributed by atoms with E-state index in [0.717, 1.165) is 7.11 Å². The van der Waals surface area contributed by atoms with Crippen molar-refractivity contribution >= 4 is 23.9 Å². The Balaban J connectivity index is 2.19. The van der Waals surface area contributed by atoms with Crippen molar-refractivity contribution in [2.45, 2.75) is 76.7 Å². The summed E-state index contributed by atoms with van der Waals surface area (Å²) in [5, 5.41) is 10.9. The summed E-state index contributed by atoms with van der Waals surface area (Å²) in [6.07, 6.45) is -3.97. The third-order valence-electron chi connectivity index (χ3n) is 6.70. The van der Waals surface area contributed by atoms with E-state index in [4.69, 9.17) is 23.7 Å². The van der Waals surface area contributed by atoms with Crippen LogP contribution in [0.25, 0.3) is 0 Å². The molecule has 3 rings (SSSR count). The maximum Gasteiger partial charge on any atom is 0.341 e. The van der Waals surface area contributed by atoms with Gasteiger partial charge in [-0.25, -0.2) is 14.4 Å². The van der Waals surface area contributed by atoms with Gasteiger partial charge in [-0.3, -0.25) is 4.79 Å². The molecule has 0 radical (unpaired) electrons. The lowest BCUT2D eigenvalue weighted by Crippen LogP contribution is -2.50. The van der Waals surface area contributed by atoms with Gasteiger partial charge in [0.25, 0.3) is 0 Å². The first-order chi connectivity index (χ1) is 16.3. The summed E-state index contributed by atoms with van der Waals surface area (Å²) in [5.74, 6) is -4.84. The van der Waals surface area contributed by atoms with Gasteiger partial charge in [0, 0.05) is 5.57 Å². The minimum absolute atomic E-state index is 0.0793. The quantitative estimate of drug-likeness (QED) is 0.198. The molecule has 7 atom stereocenters. The maximum absolute atomic E-state index is 13.1. The number of aliphatic hydroxyl groups is 1. The number of ether oxygens (including phenoxy) is 5. The Morgan fingerprint density at radius 1 is 1.23 bits per heavy atom. The molecule has 0 amide bonds. The topological polar surface area (TPSA) is 138 Å². The first kappa shape index (κ1) is 26.6. The Kier molecular flexibility index (Phi) is 7.56. The van der Waals surface area contributed by atoms with Crippen molar-refractivity contribution in [1.82, 2.24) is 0 Å². The van der Waals surface area contributed by atoms with Gasteiger partial charge in [-0.2, -0.15) is 0 Å². The molecule has 0 saturated carbocycles. The van der Waals surface area contributed by atoms with Gasteiger partial charge in [-0.05, 0) is 32.3 Å². The van der Waals surface area contributed by atoms with Gasteiger partial charge in [0.2, 0.25) is 0 Å². The fourth-order valence-corrected chi connectivity index (χ4v) is 4.16. The molecule has 0 aromatic heterocycles. The fraction of sp³-hybridized carbons (Fsp3) is 0.600. The van der Waals surface area contributed by atoms with E-state index in [1.807, 2.05) is 0 Å². The van der Waals surface area contributed by atoms with Crippen LogP contribution in [0, 0.1) is 11.8 Å². The summed E-state index contributed by atoms with van der Waals surface area (Å²) in [6.45, 7) is 14.1. The number of fused-ring (bicyclic) bond motifs is 1. The number of rotatable bonds is 5. The van der Waals surface area contributed by atoms with Crippen LogP contribution in [0.1, 0.15) is 40.5 Å². The van der Waals surface area contributed by atoms with Crippen LogP contribution in [0.4, 0.5) is 0 Å². The Hall–Kier alpha value is -2.98. The summed E-state index contributed by atoms with van der Waals surface area (Å²) in [5.41, 5.74) is -1.11. The first-order valence-electron chi connectivity index (χ1n) is 11.5. The predicted octanol–water partition coefficient (Wildman–Crippen LogP) is 1.55. The number of epoxide rings is 1. The lowest BCUT2D eigenvalue weighted by Gasteiger charge is -2.36. The zero-order valence-corrected chi connectivity index (χ0v) is 20.6. The van der Waals surface area contributed by atoms with Crippen molar-refractivity contribution in [3.63, 3.8) is 0 Å². The van der Waals surface area contributed by atoms with E-state index in [0.29, 0.717) is 5.57 Å². The molecule has 0 bridgehead atoms. The molecule has 2 heterocycles. The average Bonchev–Trinajstić information content (AvgIpc) is 3.33. The van der Waals surface area contributed by atoms with Gasteiger partial charge in [0.15, 0.2) is 17.8 Å². The molecule has 0 aromatic rings. The Morgan fingerprint density at radius 3 is 2.40 bits per heavy atom. The highest BCUT2D eigenvalue weighted by molar-refractivity contribution is 5.93. The Bertz CT molecular complexity index is 979. The molecule has 0 spiro atoms. The minimum Gasteiger partial charge on any atom is -0.466 e. The van der Waals surface area contributed by atoms with Crippen LogP contribution >= 0.6 is 0 Å².